The minimum absolute atomic E-state index is 0.525. The van der Waals surface area contributed by atoms with Gasteiger partial charge in [0.1, 0.15) is 0 Å². The molecule has 3 heteroatoms. The fourth-order valence-corrected chi connectivity index (χ4v) is 3.27. The Labute approximate surface area is 112 Å². The first-order chi connectivity index (χ1) is 7.71. The molecule has 1 atom stereocenters. The van der Waals surface area contributed by atoms with E-state index in [1.54, 1.807) is 11.3 Å². The van der Waals surface area contributed by atoms with Gasteiger partial charge in [0.2, 0.25) is 0 Å². The molecule has 1 aromatic heterocycles. The number of hydrogen-bond donors (Lipinski definition) is 1. The fourth-order valence-electron chi connectivity index (χ4n) is 2.05. The molecule has 0 amide bonds. The summed E-state index contributed by atoms with van der Waals surface area (Å²) >= 11 is 5.32. The van der Waals surface area contributed by atoms with Crippen LogP contribution in [0.4, 0.5) is 0 Å². The van der Waals surface area contributed by atoms with Gasteiger partial charge < -0.3 is 5.32 Å². The van der Waals surface area contributed by atoms with Crippen molar-refractivity contribution in [3.05, 3.63) is 20.8 Å². The molecule has 0 aliphatic rings. The molecule has 16 heavy (non-hydrogen) atoms. The predicted octanol–water partition coefficient (Wildman–Crippen LogP) is 4.99. The lowest BCUT2D eigenvalue weighted by Crippen LogP contribution is -2.22. The summed E-state index contributed by atoms with van der Waals surface area (Å²) in [6.45, 7) is 7.81. The zero-order chi connectivity index (χ0) is 12.0. The van der Waals surface area contributed by atoms with Crippen LogP contribution in [-0.4, -0.2) is 6.54 Å². The lowest BCUT2D eigenvalue weighted by Gasteiger charge is -2.22. The minimum Gasteiger partial charge on any atom is -0.310 e. The number of halogens is 1. The standard InChI is InChI=1S/C13H22BrNS/c1-4-10(5-2)7-12(15-6-3)11-8-13(14)16-9-11/h8-10,12,15H,4-7H2,1-3H3. The average molecular weight is 304 g/mol. The summed E-state index contributed by atoms with van der Waals surface area (Å²) in [4.78, 5) is 0. The van der Waals surface area contributed by atoms with Gasteiger partial charge in [-0.25, -0.2) is 0 Å². The van der Waals surface area contributed by atoms with Crippen molar-refractivity contribution < 1.29 is 0 Å². The lowest BCUT2D eigenvalue weighted by atomic mass is 9.92. The Hall–Kier alpha value is 0.140. The van der Waals surface area contributed by atoms with Gasteiger partial charge in [-0.1, -0.05) is 33.6 Å². The molecular weight excluding hydrogens is 282 g/mol. The van der Waals surface area contributed by atoms with Gasteiger partial charge in [-0.05, 0) is 51.8 Å². The monoisotopic (exact) mass is 303 g/mol. The quantitative estimate of drug-likeness (QED) is 0.748. The molecule has 92 valence electrons. The molecule has 0 bridgehead atoms. The highest BCUT2D eigenvalue weighted by atomic mass is 79.9. The van der Waals surface area contributed by atoms with E-state index in [1.165, 1.54) is 28.6 Å². The molecule has 0 saturated heterocycles. The van der Waals surface area contributed by atoms with Crippen LogP contribution < -0.4 is 5.32 Å². The maximum absolute atomic E-state index is 3.60. The van der Waals surface area contributed by atoms with E-state index in [1.807, 2.05) is 0 Å². The highest BCUT2D eigenvalue weighted by molar-refractivity contribution is 9.11. The van der Waals surface area contributed by atoms with Crippen LogP contribution in [0.15, 0.2) is 15.2 Å². The molecule has 1 unspecified atom stereocenters. The Morgan fingerprint density at radius 3 is 2.44 bits per heavy atom. The van der Waals surface area contributed by atoms with E-state index in [2.05, 4.69) is 53.5 Å². The first-order valence-corrected chi connectivity index (χ1v) is 7.85. The Morgan fingerprint density at radius 2 is 2.00 bits per heavy atom. The maximum atomic E-state index is 3.60. The second kappa shape index (κ2) is 7.46. The van der Waals surface area contributed by atoms with Gasteiger partial charge in [0.25, 0.3) is 0 Å². The normalized spacial score (nSPS) is 13.3. The summed E-state index contributed by atoms with van der Waals surface area (Å²) in [6.07, 6.45) is 3.82. The van der Waals surface area contributed by atoms with Crippen LogP contribution in [0.2, 0.25) is 0 Å². The van der Waals surface area contributed by atoms with Crippen molar-refractivity contribution in [3.8, 4) is 0 Å². The Morgan fingerprint density at radius 1 is 1.31 bits per heavy atom. The first kappa shape index (κ1) is 14.2. The topological polar surface area (TPSA) is 12.0 Å². The molecule has 0 fully saturated rings. The summed E-state index contributed by atoms with van der Waals surface area (Å²) in [5, 5.41) is 5.86. The molecule has 1 nitrogen and oxygen atoms in total. The Balaban J connectivity index is 2.66. The smallest absolute Gasteiger partial charge is 0.0701 e. The molecule has 0 aromatic carbocycles. The predicted molar refractivity (Wildman–Crippen MR) is 77.1 cm³/mol. The van der Waals surface area contributed by atoms with E-state index < -0.39 is 0 Å². The van der Waals surface area contributed by atoms with Crippen LogP contribution in [0.1, 0.15) is 51.6 Å². The zero-order valence-corrected chi connectivity index (χ0v) is 12.8. The number of nitrogens with one attached hydrogen (secondary N) is 1. The van der Waals surface area contributed by atoms with E-state index in [0.29, 0.717) is 6.04 Å². The summed E-state index contributed by atoms with van der Waals surface area (Å²) in [7, 11) is 0. The summed E-state index contributed by atoms with van der Waals surface area (Å²) in [5.41, 5.74) is 1.44. The third-order valence-corrected chi connectivity index (χ3v) is 4.69. The molecule has 0 saturated carbocycles. The molecule has 0 aliphatic carbocycles. The van der Waals surface area contributed by atoms with E-state index in [0.717, 1.165) is 12.5 Å². The molecule has 1 aromatic rings. The van der Waals surface area contributed by atoms with E-state index >= 15 is 0 Å². The summed E-state index contributed by atoms with van der Waals surface area (Å²) in [5.74, 6) is 0.836. The second-order valence-electron chi connectivity index (χ2n) is 4.21. The molecule has 1 rings (SSSR count). The first-order valence-electron chi connectivity index (χ1n) is 6.18. The van der Waals surface area contributed by atoms with Gasteiger partial charge in [-0.3, -0.25) is 0 Å². The molecule has 0 radical (unpaired) electrons. The van der Waals surface area contributed by atoms with Crippen molar-refractivity contribution in [3.63, 3.8) is 0 Å². The van der Waals surface area contributed by atoms with Crippen LogP contribution in [0.5, 0.6) is 0 Å². The summed E-state index contributed by atoms with van der Waals surface area (Å²) in [6, 6.07) is 2.78. The third kappa shape index (κ3) is 4.19. The van der Waals surface area contributed by atoms with Crippen molar-refractivity contribution in [1.82, 2.24) is 5.32 Å². The molecule has 0 spiro atoms. The van der Waals surface area contributed by atoms with Crippen molar-refractivity contribution in [2.75, 3.05) is 6.54 Å². The molecular formula is C13H22BrNS. The Kier molecular flexibility index (Phi) is 6.62. The second-order valence-corrected chi connectivity index (χ2v) is 6.50. The van der Waals surface area contributed by atoms with Crippen LogP contribution in [0, 0.1) is 5.92 Å². The van der Waals surface area contributed by atoms with Crippen molar-refractivity contribution in [1.29, 1.82) is 0 Å². The maximum Gasteiger partial charge on any atom is 0.0701 e. The lowest BCUT2D eigenvalue weighted by molar-refractivity contribution is 0.376. The number of thiophene rings is 1. The number of rotatable bonds is 7. The van der Waals surface area contributed by atoms with Gasteiger partial charge in [0.15, 0.2) is 0 Å². The largest absolute Gasteiger partial charge is 0.310 e. The van der Waals surface area contributed by atoms with Gasteiger partial charge in [0, 0.05) is 6.04 Å². The fraction of sp³-hybridized carbons (Fsp3) is 0.692. The van der Waals surface area contributed by atoms with Crippen LogP contribution in [0.3, 0.4) is 0 Å². The molecule has 1 heterocycles. The number of hydrogen-bond acceptors (Lipinski definition) is 2. The van der Waals surface area contributed by atoms with Gasteiger partial charge in [-0.2, -0.15) is 0 Å². The SMILES string of the molecule is CCNC(CC(CC)CC)c1csc(Br)c1. The van der Waals surface area contributed by atoms with Crippen molar-refractivity contribution >= 4 is 27.3 Å². The highest BCUT2D eigenvalue weighted by Crippen LogP contribution is 2.30. The van der Waals surface area contributed by atoms with Gasteiger partial charge in [0.05, 0.1) is 3.79 Å². The van der Waals surface area contributed by atoms with Crippen LogP contribution >= 0.6 is 27.3 Å². The van der Waals surface area contributed by atoms with Gasteiger partial charge >= 0.3 is 0 Å². The highest BCUT2D eigenvalue weighted by Gasteiger charge is 2.16. The zero-order valence-electron chi connectivity index (χ0n) is 10.4. The average Bonchev–Trinajstić information content (AvgIpc) is 2.71. The Bertz CT molecular complexity index is 294. The minimum atomic E-state index is 0.525. The van der Waals surface area contributed by atoms with E-state index in [9.17, 15) is 0 Å². The van der Waals surface area contributed by atoms with E-state index in [-0.39, 0.29) is 0 Å². The van der Waals surface area contributed by atoms with Crippen molar-refractivity contribution in [2.24, 2.45) is 5.92 Å². The third-order valence-electron chi connectivity index (χ3n) is 3.16. The van der Waals surface area contributed by atoms with Crippen LogP contribution in [0.25, 0.3) is 0 Å². The van der Waals surface area contributed by atoms with Crippen molar-refractivity contribution in [2.45, 2.75) is 46.1 Å². The van der Waals surface area contributed by atoms with Crippen LogP contribution in [-0.2, 0) is 0 Å². The molecule has 0 aliphatic heterocycles. The summed E-state index contributed by atoms with van der Waals surface area (Å²) < 4.78 is 1.23. The molecule has 1 N–H and O–H groups in total. The van der Waals surface area contributed by atoms with E-state index in [4.69, 9.17) is 0 Å². The van der Waals surface area contributed by atoms with Gasteiger partial charge in [-0.15, -0.1) is 11.3 Å².